The molecule has 0 unspecified atom stereocenters. The molecule has 0 fully saturated rings. The third-order valence-corrected chi connectivity index (χ3v) is 14.7. The number of anilines is 1. The molecule has 0 radical (unpaired) electrons. The minimum atomic E-state index is -1.71. The fraction of sp³-hybridized carbons (Fsp3) is 0.514. The summed E-state index contributed by atoms with van der Waals surface area (Å²) >= 11 is 3.00. The molecule has 2 aromatic heterocycles. The predicted octanol–water partition coefficient (Wildman–Crippen LogP) is 12.8. The third kappa shape index (κ3) is 10.8. The van der Waals surface area contributed by atoms with Gasteiger partial charge in [0, 0.05) is 18.8 Å². The Bertz CT molecular complexity index is 1450. The Morgan fingerprint density at radius 3 is 1.85 bits per heavy atom. The molecule has 0 N–H and O–H groups in total. The monoisotopic (exact) mass is 678 g/mol. The van der Waals surface area contributed by atoms with E-state index in [0.717, 1.165) is 44.7 Å². The second-order valence-electron chi connectivity index (χ2n) is 11.5. The Balaban J connectivity index is 1.27. The molecule has 0 bridgehead atoms. The topological polar surface area (TPSA) is 84.0 Å². The van der Waals surface area contributed by atoms with Crippen LogP contribution in [-0.2, 0) is 4.43 Å². The number of aromatic nitrogens is 1. The lowest BCUT2D eigenvalue weighted by Gasteiger charge is -2.32. The van der Waals surface area contributed by atoms with Crippen LogP contribution in [0.3, 0.4) is 0 Å². The second kappa shape index (κ2) is 19.0. The van der Waals surface area contributed by atoms with Crippen molar-refractivity contribution < 1.29 is 9.16 Å². The highest BCUT2D eigenvalue weighted by atomic mass is 32.1. The number of fused-ring (bicyclic) bond motifs is 1. The van der Waals surface area contributed by atoms with Crippen molar-refractivity contribution in [2.24, 2.45) is 20.5 Å². The van der Waals surface area contributed by atoms with Crippen molar-refractivity contribution in [2.45, 2.75) is 91.3 Å². The lowest BCUT2D eigenvalue weighted by Crippen LogP contribution is -2.39. The van der Waals surface area contributed by atoms with E-state index in [1.54, 1.807) is 0 Å². The fourth-order valence-corrected chi connectivity index (χ4v) is 12.0. The van der Waals surface area contributed by atoms with E-state index in [2.05, 4.69) is 77.1 Å². The standard InChI is InChI=1S/C35H50N6O2S2Si/c1-6-11-24-46(25-12-7-2,26-13-8-3)43-23-22-42-31-20-16-29(17-21-31)37-39-33-27-32-34(45-33)36-35(44-32)40-38-28-14-18-30(19-15-28)41(9-4)10-5/h14-21,27H,6-13,22-26H2,1-5H3. The van der Waals surface area contributed by atoms with Crippen LogP contribution in [0.15, 0.2) is 75.1 Å². The Kier molecular flexibility index (Phi) is 14.8. The molecule has 0 aliphatic heterocycles. The van der Waals surface area contributed by atoms with Crippen molar-refractivity contribution in [3.63, 3.8) is 0 Å². The summed E-state index contributed by atoms with van der Waals surface area (Å²) < 4.78 is 13.8. The van der Waals surface area contributed by atoms with Crippen molar-refractivity contribution in [3.8, 4) is 5.75 Å². The van der Waals surface area contributed by atoms with Gasteiger partial charge >= 0.3 is 0 Å². The van der Waals surface area contributed by atoms with Crippen LogP contribution in [0.5, 0.6) is 5.75 Å². The van der Waals surface area contributed by atoms with Crippen molar-refractivity contribution in [2.75, 3.05) is 31.2 Å². The smallest absolute Gasteiger partial charge is 0.231 e. The lowest BCUT2D eigenvalue weighted by molar-refractivity contribution is 0.205. The van der Waals surface area contributed by atoms with E-state index in [1.165, 1.54) is 85.0 Å². The minimum Gasteiger partial charge on any atom is -0.491 e. The largest absolute Gasteiger partial charge is 0.491 e. The molecule has 0 aliphatic carbocycles. The number of rotatable bonds is 21. The molecule has 0 atom stereocenters. The number of thiazole rings is 1. The van der Waals surface area contributed by atoms with Gasteiger partial charge in [0.05, 0.1) is 22.7 Å². The van der Waals surface area contributed by atoms with Gasteiger partial charge in [-0.05, 0) is 86.6 Å². The molecule has 11 heteroatoms. The van der Waals surface area contributed by atoms with Gasteiger partial charge in [-0.2, -0.15) is 0 Å². The summed E-state index contributed by atoms with van der Waals surface area (Å²) in [5, 5.41) is 19.1. The maximum atomic E-state index is 6.71. The molecule has 2 heterocycles. The maximum Gasteiger partial charge on any atom is 0.231 e. The molecule has 4 aromatic rings. The van der Waals surface area contributed by atoms with Crippen LogP contribution in [0.2, 0.25) is 18.1 Å². The lowest BCUT2D eigenvalue weighted by atomic mass is 10.2. The van der Waals surface area contributed by atoms with Crippen LogP contribution in [0.25, 0.3) is 9.53 Å². The van der Waals surface area contributed by atoms with E-state index in [4.69, 9.17) is 9.16 Å². The van der Waals surface area contributed by atoms with Gasteiger partial charge in [-0.25, -0.2) is 4.98 Å². The van der Waals surface area contributed by atoms with Crippen molar-refractivity contribution in [1.82, 2.24) is 4.98 Å². The number of benzene rings is 2. The van der Waals surface area contributed by atoms with E-state index < -0.39 is 8.32 Å². The molecule has 0 aliphatic rings. The van der Waals surface area contributed by atoms with Crippen LogP contribution in [-0.4, -0.2) is 39.6 Å². The van der Waals surface area contributed by atoms with Crippen LogP contribution >= 0.6 is 22.7 Å². The van der Waals surface area contributed by atoms with Gasteiger partial charge in [-0.3, -0.25) is 0 Å². The number of ether oxygens (including phenoxy) is 1. The van der Waals surface area contributed by atoms with Gasteiger partial charge in [0.15, 0.2) is 8.32 Å². The van der Waals surface area contributed by atoms with Crippen LogP contribution in [0, 0.1) is 0 Å². The summed E-state index contributed by atoms with van der Waals surface area (Å²) in [6.07, 6.45) is 7.53. The predicted molar refractivity (Wildman–Crippen MR) is 199 cm³/mol. The highest BCUT2D eigenvalue weighted by Gasteiger charge is 2.33. The summed E-state index contributed by atoms with van der Waals surface area (Å²) in [6, 6.07) is 21.7. The SMILES string of the molecule is CCCC[Si](CCCC)(CCCC)OCCOc1ccc(N=Nc2cc3sc(N=Nc4ccc(N(CC)CC)cc4)nc3s2)cc1. The van der Waals surface area contributed by atoms with E-state index in [1.807, 2.05) is 42.5 Å². The van der Waals surface area contributed by atoms with Crippen molar-refractivity contribution in [3.05, 3.63) is 54.6 Å². The zero-order valence-corrected chi connectivity index (χ0v) is 30.8. The average Bonchev–Trinajstić information content (AvgIpc) is 3.65. The summed E-state index contributed by atoms with van der Waals surface area (Å²) in [7, 11) is -1.71. The first-order valence-corrected chi connectivity index (χ1v) is 21.1. The number of azo groups is 2. The number of nitrogens with zero attached hydrogens (tertiary/aromatic N) is 6. The Labute approximate surface area is 284 Å². The van der Waals surface area contributed by atoms with Gasteiger partial charge in [0.2, 0.25) is 5.13 Å². The molecule has 0 saturated heterocycles. The van der Waals surface area contributed by atoms with E-state index in [9.17, 15) is 0 Å². The average molecular weight is 679 g/mol. The van der Waals surface area contributed by atoms with Crippen molar-refractivity contribution in [1.29, 1.82) is 0 Å². The minimum absolute atomic E-state index is 0.573. The van der Waals surface area contributed by atoms with E-state index in [0.29, 0.717) is 18.3 Å². The molecule has 0 spiro atoms. The number of unbranched alkanes of at least 4 members (excludes halogenated alkanes) is 3. The zero-order valence-electron chi connectivity index (χ0n) is 28.2. The summed E-state index contributed by atoms with van der Waals surface area (Å²) in [6.45, 7) is 14.4. The summed E-state index contributed by atoms with van der Waals surface area (Å²) in [5.74, 6) is 0.827. The molecule has 8 nitrogen and oxygen atoms in total. The van der Waals surface area contributed by atoms with Crippen LogP contribution in [0.4, 0.5) is 27.2 Å². The Morgan fingerprint density at radius 2 is 1.28 bits per heavy atom. The van der Waals surface area contributed by atoms with Crippen LogP contribution < -0.4 is 9.64 Å². The van der Waals surface area contributed by atoms with Gasteiger partial charge in [0.1, 0.15) is 22.2 Å². The van der Waals surface area contributed by atoms with Gasteiger partial charge < -0.3 is 14.1 Å². The zero-order chi connectivity index (χ0) is 32.6. The fourth-order valence-electron chi connectivity index (χ4n) is 5.45. The molecule has 46 heavy (non-hydrogen) atoms. The molecular weight excluding hydrogens is 629 g/mol. The van der Waals surface area contributed by atoms with Gasteiger partial charge in [-0.1, -0.05) is 82.0 Å². The van der Waals surface area contributed by atoms with Gasteiger partial charge in [-0.15, -0.1) is 20.5 Å². The molecular formula is C35H50N6O2S2Si. The first-order valence-electron chi connectivity index (χ1n) is 17.0. The second-order valence-corrected chi connectivity index (χ2v) is 17.7. The Hall–Kier alpha value is -2.99. The first kappa shape index (κ1) is 35.9. The summed E-state index contributed by atoms with van der Waals surface area (Å²) in [5.41, 5.74) is 2.78. The number of thiophene rings is 1. The Morgan fingerprint density at radius 1 is 0.696 bits per heavy atom. The van der Waals surface area contributed by atoms with Crippen molar-refractivity contribution >= 4 is 67.7 Å². The van der Waals surface area contributed by atoms with Crippen LogP contribution in [0.1, 0.15) is 73.1 Å². The quantitative estimate of drug-likeness (QED) is 0.0499. The summed E-state index contributed by atoms with van der Waals surface area (Å²) in [4.78, 5) is 7.81. The highest BCUT2D eigenvalue weighted by molar-refractivity contribution is 7.30. The third-order valence-electron chi connectivity index (χ3n) is 8.11. The maximum absolute atomic E-state index is 6.71. The molecule has 4 rings (SSSR count). The molecule has 248 valence electrons. The number of hydrogen-bond donors (Lipinski definition) is 0. The van der Waals surface area contributed by atoms with E-state index >= 15 is 0 Å². The molecule has 0 saturated carbocycles. The molecule has 2 aromatic carbocycles. The van der Waals surface area contributed by atoms with E-state index in [-0.39, 0.29) is 0 Å². The number of hydrogen-bond acceptors (Lipinski definition) is 10. The highest BCUT2D eigenvalue weighted by Crippen LogP contribution is 2.39. The first-order chi connectivity index (χ1) is 22.5. The normalized spacial score (nSPS) is 12.2. The van der Waals surface area contributed by atoms with Gasteiger partial charge in [0.25, 0.3) is 0 Å². The molecule has 0 amide bonds.